The second kappa shape index (κ2) is 5.70. The van der Waals surface area contributed by atoms with Crippen molar-refractivity contribution in [1.29, 1.82) is 0 Å². The Morgan fingerprint density at radius 3 is 1.79 bits per heavy atom. The van der Waals surface area contributed by atoms with Gasteiger partial charge in [0.1, 0.15) is 0 Å². The molecule has 0 radical (unpaired) electrons. The average molecular weight is 380 g/mol. The molecule has 0 atom stereocenters. The molecular weight excluding hydrogens is 361 g/mol. The summed E-state index contributed by atoms with van der Waals surface area (Å²) in [6.45, 7) is 6.24. The third-order valence-corrected chi connectivity index (χ3v) is 7.52. The molecule has 3 aromatic carbocycles. The fraction of sp³-hybridized carbons (Fsp3) is 0.143. The summed E-state index contributed by atoms with van der Waals surface area (Å²) in [5, 5.41) is 0. The fourth-order valence-electron chi connectivity index (χ4n) is 3.23. The SMILES string of the molecule is Cc1ccc2c(c1)[Se](=O)c1cc(C)ccc1N2c1ccccc1C. The molecule has 0 saturated carbocycles. The standard InChI is InChI=1S/C21H19NOSe/c1-14-8-10-18-20(12-14)24(23)21-13-15(2)9-11-19(21)22(18)17-7-5-4-6-16(17)3/h4-13H,1-3H3. The number of rotatable bonds is 1. The van der Waals surface area contributed by atoms with E-state index in [1.807, 2.05) is 0 Å². The summed E-state index contributed by atoms with van der Waals surface area (Å²) in [6.07, 6.45) is 0. The summed E-state index contributed by atoms with van der Waals surface area (Å²) in [5.41, 5.74) is 6.75. The molecule has 2 nitrogen and oxygen atoms in total. The number of para-hydroxylation sites is 1. The molecule has 3 heteroatoms. The van der Waals surface area contributed by atoms with Gasteiger partial charge in [0.2, 0.25) is 0 Å². The quantitative estimate of drug-likeness (QED) is 0.467. The zero-order valence-corrected chi connectivity index (χ0v) is 15.8. The van der Waals surface area contributed by atoms with E-state index < -0.39 is 13.8 Å². The molecule has 0 aromatic heterocycles. The zero-order valence-electron chi connectivity index (χ0n) is 14.0. The minimum atomic E-state index is -2.26. The first-order valence-corrected chi connectivity index (χ1v) is 10.5. The van der Waals surface area contributed by atoms with E-state index in [4.69, 9.17) is 0 Å². The first-order valence-electron chi connectivity index (χ1n) is 8.05. The zero-order chi connectivity index (χ0) is 16.8. The number of anilines is 3. The first-order chi connectivity index (χ1) is 11.6. The Labute approximate surface area is 146 Å². The summed E-state index contributed by atoms with van der Waals surface area (Å²) in [4.78, 5) is 2.26. The number of hydrogen-bond acceptors (Lipinski definition) is 2. The van der Waals surface area contributed by atoms with E-state index >= 15 is 0 Å². The molecule has 3 aromatic rings. The van der Waals surface area contributed by atoms with Crippen molar-refractivity contribution in [2.45, 2.75) is 20.8 Å². The number of benzene rings is 3. The van der Waals surface area contributed by atoms with Gasteiger partial charge in [0, 0.05) is 0 Å². The molecule has 0 unspecified atom stereocenters. The van der Waals surface area contributed by atoms with E-state index in [1.54, 1.807) is 0 Å². The van der Waals surface area contributed by atoms with Gasteiger partial charge in [-0.1, -0.05) is 0 Å². The van der Waals surface area contributed by atoms with Crippen molar-refractivity contribution in [1.82, 2.24) is 0 Å². The van der Waals surface area contributed by atoms with E-state index in [9.17, 15) is 3.83 Å². The molecule has 0 spiro atoms. The van der Waals surface area contributed by atoms with Crippen LogP contribution >= 0.6 is 0 Å². The Morgan fingerprint density at radius 2 is 1.25 bits per heavy atom. The molecule has 0 saturated heterocycles. The van der Waals surface area contributed by atoms with Gasteiger partial charge in [-0.25, -0.2) is 0 Å². The van der Waals surface area contributed by atoms with Crippen molar-refractivity contribution < 1.29 is 3.83 Å². The molecule has 0 bridgehead atoms. The van der Waals surface area contributed by atoms with E-state index in [0.717, 1.165) is 37.1 Å². The van der Waals surface area contributed by atoms with Crippen LogP contribution in [0.2, 0.25) is 0 Å². The summed E-state index contributed by atoms with van der Waals surface area (Å²) < 4.78 is 15.2. The van der Waals surface area contributed by atoms with Crippen LogP contribution in [0.25, 0.3) is 0 Å². The minimum absolute atomic E-state index is 0.983. The second-order valence-corrected chi connectivity index (χ2v) is 9.31. The van der Waals surface area contributed by atoms with Crippen molar-refractivity contribution >= 4 is 39.8 Å². The maximum atomic E-state index is 13.3. The van der Waals surface area contributed by atoms with Crippen molar-refractivity contribution in [2.75, 3.05) is 4.90 Å². The summed E-state index contributed by atoms with van der Waals surface area (Å²) >= 11 is -2.26. The molecule has 1 heterocycles. The molecule has 0 amide bonds. The Bertz CT molecular complexity index is 922. The number of hydrogen-bond donors (Lipinski definition) is 0. The molecular formula is C21H19NOSe. The number of fused-ring (bicyclic) bond motifs is 2. The molecule has 0 fully saturated rings. The van der Waals surface area contributed by atoms with Gasteiger partial charge in [0.05, 0.1) is 0 Å². The predicted octanol–water partition coefficient (Wildman–Crippen LogP) is 3.93. The van der Waals surface area contributed by atoms with Gasteiger partial charge in [-0.2, -0.15) is 0 Å². The normalized spacial score (nSPS) is 13.5. The fourth-order valence-corrected chi connectivity index (χ4v) is 6.42. The van der Waals surface area contributed by atoms with Crippen molar-refractivity contribution in [3.8, 4) is 0 Å². The van der Waals surface area contributed by atoms with Crippen LogP contribution in [0.15, 0.2) is 60.7 Å². The van der Waals surface area contributed by atoms with Gasteiger partial charge in [0.25, 0.3) is 0 Å². The van der Waals surface area contributed by atoms with Crippen LogP contribution in [-0.4, -0.2) is 13.8 Å². The molecule has 1 aliphatic rings. The molecule has 120 valence electrons. The summed E-state index contributed by atoms with van der Waals surface area (Å²) in [7, 11) is 0. The van der Waals surface area contributed by atoms with Crippen molar-refractivity contribution in [3.63, 3.8) is 0 Å². The summed E-state index contributed by atoms with van der Waals surface area (Å²) in [5.74, 6) is 0. The Hall–Kier alpha value is -2.22. The number of aryl methyl sites for hydroxylation is 3. The van der Waals surface area contributed by atoms with E-state index in [1.165, 1.54) is 5.56 Å². The van der Waals surface area contributed by atoms with Crippen LogP contribution < -0.4 is 13.8 Å². The predicted molar refractivity (Wildman–Crippen MR) is 101 cm³/mol. The Morgan fingerprint density at radius 1 is 0.708 bits per heavy atom. The van der Waals surface area contributed by atoms with Gasteiger partial charge in [-0.05, 0) is 0 Å². The van der Waals surface area contributed by atoms with Gasteiger partial charge in [-0.15, -0.1) is 0 Å². The second-order valence-electron chi connectivity index (χ2n) is 6.33. The molecule has 1 aliphatic heterocycles. The third kappa shape index (κ3) is 2.32. The van der Waals surface area contributed by atoms with Crippen LogP contribution in [0.5, 0.6) is 0 Å². The first kappa shape index (κ1) is 15.3. The molecule has 24 heavy (non-hydrogen) atoms. The van der Waals surface area contributed by atoms with E-state index in [-0.39, 0.29) is 0 Å². The summed E-state index contributed by atoms with van der Waals surface area (Å²) in [6, 6.07) is 21.0. The topological polar surface area (TPSA) is 20.3 Å². The molecule has 4 rings (SSSR count). The Balaban J connectivity index is 2.06. The number of nitrogens with zero attached hydrogens (tertiary/aromatic N) is 1. The average Bonchev–Trinajstić information content (AvgIpc) is 2.57. The van der Waals surface area contributed by atoms with Gasteiger partial charge < -0.3 is 0 Å². The third-order valence-electron chi connectivity index (χ3n) is 4.47. The van der Waals surface area contributed by atoms with Gasteiger partial charge in [0.15, 0.2) is 0 Å². The van der Waals surface area contributed by atoms with E-state index in [0.29, 0.717) is 0 Å². The van der Waals surface area contributed by atoms with Crippen LogP contribution in [0.1, 0.15) is 16.7 Å². The molecule has 0 N–H and O–H groups in total. The Kier molecular flexibility index (Phi) is 3.63. The molecule has 0 aliphatic carbocycles. The van der Waals surface area contributed by atoms with Gasteiger partial charge in [-0.3, -0.25) is 0 Å². The van der Waals surface area contributed by atoms with Crippen molar-refractivity contribution in [3.05, 3.63) is 77.4 Å². The maximum absolute atomic E-state index is 13.3. The van der Waals surface area contributed by atoms with Crippen molar-refractivity contribution in [2.24, 2.45) is 0 Å². The van der Waals surface area contributed by atoms with Gasteiger partial charge >= 0.3 is 147 Å². The van der Waals surface area contributed by atoms with Crippen LogP contribution in [0, 0.1) is 20.8 Å². The van der Waals surface area contributed by atoms with Crippen LogP contribution in [0.4, 0.5) is 17.1 Å². The monoisotopic (exact) mass is 381 g/mol. The van der Waals surface area contributed by atoms with Crippen LogP contribution in [0.3, 0.4) is 0 Å². The van der Waals surface area contributed by atoms with Crippen LogP contribution in [-0.2, 0) is 3.83 Å². The van der Waals surface area contributed by atoms with E-state index in [2.05, 4.69) is 86.3 Å².